The number of amides is 3. The molecule has 1 saturated carbocycles. The molecule has 12 heteroatoms. The Morgan fingerprint density at radius 3 is 2.27 bits per heavy atom. The first-order chi connectivity index (χ1) is 24.4. The maximum absolute atomic E-state index is 14.9. The van der Waals surface area contributed by atoms with E-state index in [4.69, 9.17) is 9.47 Å². The van der Waals surface area contributed by atoms with Crippen LogP contribution < -0.4 is 20.1 Å². The molecule has 5 aromatic rings. The molecule has 0 saturated heterocycles. The Labute approximate surface area is 296 Å². The summed E-state index contributed by atoms with van der Waals surface area (Å²) < 4.78 is 40.6. The second-order valence-electron chi connectivity index (χ2n) is 12.9. The van der Waals surface area contributed by atoms with Gasteiger partial charge in [0.15, 0.2) is 0 Å². The topological polar surface area (TPSA) is 156 Å². The van der Waals surface area contributed by atoms with Crippen LogP contribution in [0.15, 0.2) is 96.0 Å². The van der Waals surface area contributed by atoms with Gasteiger partial charge >= 0.3 is 6.09 Å². The first-order valence-corrected chi connectivity index (χ1v) is 18.2. The minimum Gasteiger partial charge on any atom is -0.496 e. The third-order valence-corrected chi connectivity index (χ3v) is 11.0. The first-order valence-electron chi connectivity index (χ1n) is 16.7. The SMILES string of the molecule is COc1cccc(C(=O)NS(=O)(=O)c2ccccc2C)c1C(C)(C(=O)Nc1ccccc1C)c1c[nH]c2ccc(NC(=O)OC3CCCC3)cc12. The van der Waals surface area contributed by atoms with Crippen LogP contribution in [0.5, 0.6) is 5.75 Å². The van der Waals surface area contributed by atoms with Crippen molar-refractivity contribution in [2.75, 3.05) is 17.7 Å². The molecular weight excluding hydrogens is 669 g/mol. The van der Waals surface area contributed by atoms with Gasteiger partial charge in [-0.3, -0.25) is 14.9 Å². The van der Waals surface area contributed by atoms with Crippen molar-refractivity contribution in [2.45, 2.75) is 62.9 Å². The number of aryl methyl sites for hydroxylation is 2. The Bertz CT molecular complexity index is 2240. The van der Waals surface area contributed by atoms with Crippen molar-refractivity contribution in [2.24, 2.45) is 0 Å². The van der Waals surface area contributed by atoms with E-state index in [1.165, 1.54) is 19.2 Å². The lowest BCUT2D eigenvalue weighted by atomic mass is 9.72. The van der Waals surface area contributed by atoms with Gasteiger partial charge in [0.1, 0.15) is 17.3 Å². The number of carbonyl (C=O) groups is 3. The minimum atomic E-state index is -4.31. The minimum absolute atomic E-state index is 0.0500. The number of hydrogen-bond acceptors (Lipinski definition) is 7. The van der Waals surface area contributed by atoms with E-state index >= 15 is 0 Å². The molecule has 3 amide bonds. The molecule has 1 atom stereocenters. The van der Waals surface area contributed by atoms with Crippen molar-refractivity contribution in [3.63, 3.8) is 0 Å². The normalized spacial score (nSPS) is 14.4. The zero-order chi connectivity index (χ0) is 36.3. The number of sulfonamides is 1. The van der Waals surface area contributed by atoms with E-state index in [1.807, 2.05) is 19.1 Å². The second-order valence-corrected chi connectivity index (χ2v) is 14.5. The van der Waals surface area contributed by atoms with Crippen LogP contribution in [0, 0.1) is 13.8 Å². The fourth-order valence-corrected chi connectivity index (χ4v) is 7.96. The second kappa shape index (κ2) is 14.3. The molecule has 0 radical (unpaired) electrons. The number of methoxy groups -OCH3 is 1. The fraction of sp³-hybridized carbons (Fsp3) is 0.256. The number of H-pyrrole nitrogens is 1. The van der Waals surface area contributed by atoms with Crippen LogP contribution in [0.2, 0.25) is 0 Å². The zero-order valence-electron chi connectivity index (χ0n) is 28.8. The van der Waals surface area contributed by atoms with Crippen molar-refractivity contribution in [3.8, 4) is 5.75 Å². The summed E-state index contributed by atoms with van der Waals surface area (Å²) in [5.41, 5.74) is 1.71. The fourth-order valence-electron chi connectivity index (χ4n) is 6.74. The van der Waals surface area contributed by atoms with Crippen molar-refractivity contribution in [1.29, 1.82) is 0 Å². The van der Waals surface area contributed by atoms with Crippen LogP contribution in [0.4, 0.5) is 16.2 Å². The van der Waals surface area contributed by atoms with E-state index in [2.05, 4.69) is 20.3 Å². The van der Waals surface area contributed by atoms with E-state index in [1.54, 1.807) is 80.7 Å². The predicted molar refractivity (Wildman–Crippen MR) is 196 cm³/mol. The van der Waals surface area contributed by atoms with Gasteiger partial charge in [0.2, 0.25) is 5.91 Å². The van der Waals surface area contributed by atoms with Crippen LogP contribution in [0.25, 0.3) is 10.9 Å². The number of benzene rings is 4. The number of anilines is 2. The van der Waals surface area contributed by atoms with Crippen LogP contribution in [0.1, 0.15) is 65.2 Å². The van der Waals surface area contributed by atoms with Gasteiger partial charge in [-0.05, 0) is 106 Å². The first kappa shape index (κ1) is 35.2. The quantitative estimate of drug-likeness (QED) is 0.118. The van der Waals surface area contributed by atoms with Gasteiger partial charge in [-0.2, -0.15) is 0 Å². The molecule has 4 N–H and O–H groups in total. The monoisotopic (exact) mass is 708 g/mol. The Kier molecular flexibility index (Phi) is 9.88. The van der Waals surface area contributed by atoms with Crippen molar-refractivity contribution < 1.29 is 32.3 Å². The van der Waals surface area contributed by atoms with E-state index in [0.29, 0.717) is 33.4 Å². The maximum Gasteiger partial charge on any atom is 0.411 e. The largest absolute Gasteiger partial charge is 0.496 e. The Morgan fingerprint density at radius 1 is 0.863 bits per heavy atom. The van der Waals surface area contributed by atoms with E-state index in [0.717, 1.165) is 31.2 Å². The number of aromatic nitrogens is 1. The molecule has 6 rings (SSSR count). The van der Waals surface area contributed by atoms with Crippen LogP contribution in [-0.4, -0.2) is 44.5 Å². The summed E-state index contributed by atoms with van der Waals surface area (Å²) in [4.78, 5) is 45.0. The molecule has 1 aliphatic carbocycles. The number of carbonyl (C=O) groups excluding carboxylic acids is 3. The lowest BCUT2D eigenvalue weighted by Gasteiger charge is -2.32. The van der Waals surface area contributed by atoms with Crippen LogP contribution in [-0.2, 0) is 25.0 Å². The lowest BCUT2D eigenvalue weighted by molar-refractivity contribution is -0.119. The van der Waals surface area contributed by atoms with Gasteiger partial charge in [-0.1, -0.05) is 42.5 Å². The summed E-state index contributed by atoms with van der Waals surface area (Å²) in [7, 11) is -2.89. The highest BCUT2D eigenvalue weighted by molar-refractivity contribution is 7.90. The summed E-state index contributed by atoms with van der Waals surface area (Å²) in [5.74, 6) is -1.28. The average Bonchev–Trinajstić information content (AvgIpc) is 3.78. The summed E-state index contributed by atoms with van der Waals surface area (Å²) in [6.45, 7) is 5.15. The highest BCUT2D eigenvalue weighted by atomic mass is 32.2. The molecule has 1 fully saturated rings. The molecule has 0 spiro atoms. The smallest absolute Gasteiger partial charge is 0.411 e. The van der Waals surface area contributed by atoms with Crippen molar-refractivity contribution in [1.82, 2.24) is 9.71 Å². The number of ether oxygens (including phenoxy) is 2. The number of rotatable bonds is 10. The predicted octanol–water partition coefficient (Wildman–Crippen LogP) is 7.35. The third-order valence-electron chi connectivity index (χ3n) is 9.49. The molecule has 0 aliphatic heterocycles. The summed E-state index contributed by atoms with van der Waals surface area (Å²) in [5, 5.41) is 6.42. The van der Waals surface area contributed by atoms with E-state index in [-0.39, 0.29) is 27.9 Å². The molecule has 1 heterocycles. The molecule has 4 aromatic carbocycles. The molecule has 51 heavy (non-hydrogen) atoms. The van der Waals surface area contributed by atoms with E-state index in [9.17, 15) is 22.8 Å². The van der Waals surface area contributed by atoms with Gasteiger partial charge in [0.25, 0.3) is 15.9 Å². The molecule has 1 unspecified atom stereocenters. The summed E-state index contributed by atoms with van der Waals surface area (Å²) in [6.07, 6.45) is 4.64. The highest BCUT2D eigenvalue weighted by Crippen LogP contribution is 2.44. The standard InChI is InChI=1S/C39H40N4O7S/c1-24-12-5-9-17-31(24)42-37(45)39(3,30-23-40-32-21-20-26(22-29(30)32)41-38(46)50-27-14-7-8-15-27)35-28(16-11-18-33(35)49-4)36(44)43-51(47,48)34-19-10-6-13-25(34)2/h5-6,9-13,16-23,27,40H,7-8,14-15H2,1-4H3,(H,41,46)(H,42,45)(H,43,44). The van der Waals surface area contributed by atoms with Crippen LogP contribution in [0.3, 0.4) is 0 Å². The Balaban J connectivity index is 1.49. The van der Waals surface area contributed by atoms with Gasteiger partial charge in [-0.15, -0.1) is 0 Å². The van der Waals surface area contributed by atoms with Gasteiger partial charge in [0, 0.05) is 39.6 Å². The number of nitrogens with one attached hydrogen (secondary N) is 4. The van der Waals surface area contributed by atoms with Crippen molar-refractivity contribution in [3.05, 3.63) is 119 Å². The molecule has 0 bridgehead atoms. The third kappa shape index (κ3) is 7.04. The molecule has 1 aromatic heterocycles. The number of hydrogen-bond donors (Lipinski definition) is 4. The van der Waals surface area contributed by atoms with Gasteiger partial charge in [-0.25, -0.2) is 17.9 Å². The number of aromatic amines is 1. The highest BCUT2D eigenvalue weighted by Gasteiger charge is 2.44. The number of fused-ring (bicyclic) bond motifs is 1. The van der Waals surface area contributed by atoms with Crippen molar-refractivity contribution >= 4 is 50.2 Å². The summed E-state index contributed by atoms with van der Waals surface area (Å²) in [6, 6.07) is 23.5. The number of para-hydroxylation sites is 1. The Hall–Kier alpha value is -5.62. The molecule has 1 aliphatic rings. The van der Waals surface area contributed by atoms with Gasteiger partial charge in [0.05, 0.1) is 12.0 Å². The molecule has 11 nitrogen and oxygen atoms in total. The maximum atomic E-state index is 14.9. The molecule has 264 valence electrons. The van der Waals surface area contributed by atoms with E-state index < -0.39 is 33.3 Å². The lowest BCUT2D eigenvalue weighted by Crippen LogP contribution is -2.42. The van der Waals surface area contributed by atoms with Crippen LogP contribution >= 0.6 is 0 Å². The zero-order valence-corrected chi connectivity index (χ0v) is 29.6. The summed E-state index contributed by atoms with van der Waals surface area (Å²) >= 11 is 0. The van der Waals surface area contributed by atoms with Gasteiger partial charge < -0.3 is 19.8 Å². The Morgan fingerprint density at radius 2 is 1.57 bits per heavy atom. The molecular formula is C39H40N4O7S. The average molecular weight is 709 g/mol.